The standard InChI is InChI=1S/C29H21NO3/c31-28-27(26(21-11-3-1-4-12-21)22-13-5-2-6-14-22)24-16-7-8-17-25(24)30(28)19-20-10-9-15-23(18-20)29(32)33/h1-18H,19H2,(H,32,33). The predicted molar refractivity (Wildman–Crippen MR) is 130 cm³/mol. The summed E-state index contributed by atoms with van der Waals surface area (Å²) in [6.45, 7) is 0.289. The van der Waals surface area contributed by atoms with Gasteiger partial charge in [0, 0.05) is 11.1 Å². The smallest absolute Gasteiger partial charge is 0.335 e. The Morgan fingerprint density at radius 3 is 1.91 bits per heavy atom. The van der Waals surface area contributed by atoms with Crippen LogP contribution >= 0.6 is 0 Å². The summed E-state index contributed by atoms with van der Waals surface area (Å²) < 4.78 is 0. The highest BCUT2D eigenvalue weighted by molar-refractivity contribution is 6.38. The first-order chi connectivity index (χ1) is 16.1. The third kappa shape index (κ3) is 3.83. The number of anilines is 1. The number of carbonyl (C=O) groups is 2. The average Bonchev–Trinajstić information content (AvgIpc) is 3.12. The number of hydrogen-bond acceptors (Lipinski definition) is 2. The van der Waals surface area contributed by atoms with Crippen LogP contribution in [0.5, 0.6) is 0 Å². The summed E-state index contributed by atoms with van der Waals surface area (Å²) in [5.41, 5.74) is 6.14. The maximum atomic E-state index is 13.9. The van der Waals surface area contributed by atoms with E-state index in [0.717, 1.165) is 33.5 Å². The Bertz CT molecular complexity index is 1330. The first kappa shape index (κ1) is 20.5. The molecule has 1 aliphatic heterocycles. The molecule has 0 spiro atoms. The van der Waals surface area contributed by atoms with E-state index in [1.54, 1.807) is 23.1 Å². The molecule has 1 aliphatic rings. The number of rotatable bonds is 5. The molecule has 33 heavy (non-hydrogen) atoms. The molecule has 4 nitrogen and oxygen atoms in total. The van der Waals surface area contributed by atoms with Crippen molar-refractivity contribution in [2.24, 2.45) is 0 Å². The van der Waals surface area contributed by atoms with Gasteiger partial charge in [0.1, 0.15) is 0 Å². The highest BCUT2D eigenvalue weighted by Crippen LogP contribution is 2.43. The quantitative estimate of drug-likeness (QED) is 0.401. The first-order valence-corrected chi connectivity index (χ1v) is 10.7. The maximum Gasteiger partial charge on any atom is 0.335 e. The topological polar surface area (TPSA) is 57.6 Å². The van der Waals surface area contributed by atoms with Crippen LogP contribution in [-0.2, 0) is 11.3 Å². The molecule has 160 valence electrons. The normalized spacial score (nSPS) is 12.5. The zero-order valence-electron chi connectivity index (χ0n) is 17.8. The van der Waals surface area contributed by atoms with Gasteiger partial charge in [0.2, 0.25) is 0 Å². The number of hydrogen-bond donors (Lipinski definition) is 1. The van der Waals surface area contributed by atoms with Gasteiger partial charge in [0.15, 0.2) is 0 Å². The lowest BCUT2D eigenvalue weighted by Gasteiger charge is -2.18. The Kier molecular flexibility index (Phi) is 5.33. The number of benzene rings is 4. The van der Waals surface area contributed by atoms with Crippen LogP contribution in [0.2, 0.25) is 0 Å². The number of amides is 1. The number of fused-ring (bicyclic) bond motifs is 1. The molecule has 0 atom stereocenters. The minimum absolute atomic E-state index is 0.0976. The van der Waals surface area contributed by atoms with E-state index in [-0.39, 0.29) is 18.0 Å². The molecule has 1 N–H and O–H groups in total. The fraction of sp³-hybridized carbons (Fsp3) is 0.0345. The summed E-state index contributed by atoms with van der Waals surface area (Å²) in [6, 6.07) is 34.4. The van der Waals surface area contributed by atoms with Crippen molar-refractivity contribution in [2.45, 2.75) is 6.54 Å². The van der Waals surface area contributed by atoms with Crippen molar-refractivity contribution in [3.05, 3.63) is 137 Å². The molecule has 0 saturated heterocycles. The second-order valence-corrected chi connectivity index (χ2v) is 7.90. The van der Waals surface area contributed by atoms with Gasteiger partial charge in [-0.05, 0) is 34.9 Å². The van der Waals surface area contributed by atoms with Gasteiger partial charge in [-0.15, -0.1) is 0 Å². The first-order valence-electron chi connectivity index (χ1n) is 10.7. The molecule has 0 aromatic heterocycles. The Morgan fingerprint density at radius 1 is 0.697 bits per heavy atom. The average molecular weight is 431 g/mol. The number of para-hydroxylation sites is 1. The number of carbonyl (C=O) groups excluding carboxylic acids is 1. The summed E-state index contributed by atoms with van der Waals surface area (Å²) >= 11 is 0. The predicted octanol–water partition coefficient (Wildman–Crippen LogP) is 5.89. The highest BCUT2D eigenvalue weighted by Gasteiger charge is 2.35. The summed E-state index contributed by atoms with van der Waals surface area (Å²) in [4.78, 5) is 27.1. The molecule has 4 heteroatoms. The van der Waals surface area contributed by atoms with E-state index >= 15 is 0 Å². The summed E-state index contributed by atoms with van der Waals surface area (Å²) in [7, 11) is 0. The Labute approximate surface area is 192 Å². The lowest BCUT2D eigenvalue weighted by molar-refractivity contribution is -0.113. The Balaban J connectivity index is 1.68. The van der Waals surface area contributed by atoms with Crippen molar-refractivity contribution in [1.82, 2.24) is 0 Å². The molecular weight excluding hydrogens is 410 g/mol. The number of nitrogens with zero attached hydrogens (tertiary/aromatic N) is 1. The van der Waals surface area contributed by atoms with Gasteiger partial charge in [-0.1, -0.05) is 91.0 Å². The lowest BCUT2D eigenvalue weighted by atomic mass is 9.90. The minimum Gasteiger partial charge on any atom is -0.478 e. The molecule has 0 saturated carbocycles. The van der Waals surface area contributed by atoms with E-state index < -0.39 is 5.97 Å². The molecule has 0 bridgehead atoms. The van der Waals surface area contributed by atoms with Crippen LogP contribution in [0.4, 0.5) is 5.69 Å². The molecule has 1 amide bonds. The van der Waals surface area contributed by atoms with Crippen LogP contribution in [-0.4, -0.2) is 17.0 Å². The van der Waals surface area contributed by atoms with E-state index in [1.807, 2.05) is 91.0 Å². The summed E-state index contributed by atoms with van der Waals surface area (Å²) in [5, 5.41) is 9.36. The third-order valence-electron chi connectivity index (χ3n) is 5.81. The maximum absolute atomic E-state index is 13.9. The van der Waals surface area contributed by atoms with Crippen LogP contribution < -0.4 is 4.90 Å². The van der Waals surface area contributed by atoms with Crippen molar-refractivity contribution in [3.8, 4) is 0 Å². The van der Waals surface area contributed by atoms with Gasteiger partial charge in [-0.2, -0.15) is 0 Å². The molecule has 0 unspecified atom stereocenters. The molecule has 0 aliphatic carbocycles. The molecule has 4 aromatic rings. The number of carboxylic acids is 1. The van der Waals surface area contributed by atoms with Crippen molar-refractivity contribution < 1.29 is 14.7 Å². The molecule has 4 aromatic carbocycles. The minimum atomic E-state index is -0.985. The van der Waals surface area contributed by atoms with Gasteiger partial charge in [0.25, 0.3) is 5.91 Å². The van der Waals surface area contributed by atoms with Crippen molar-refractivity contribution in [2.75, 3.05) is 4.90 Å². The second kappa shape index (κ2) is 8.60. The van der Waals surface area contributed by atoms with Gasteiger partial charge in [0.05, 0.1) is 23.4 Å². The van der Waals surface area contributed by atoms with E-state index in [1.165, 1.54) is 0 Å². The molecule has 1 heterocycles. The monoisotopic (exact) mass is 431 g/mol. The van der Waals surface area contributed by atoms with Crippen molar-refractivity contribution in [1.29, 1.82) is 0 Å². The highest BCUT2D eigenvalue weighted by atomic mass is 16.4. The lowest BCUT2D eigenvalue weighted by Crippen LogP contribution is -2.26. The molecular formula is C29H21NO3. The molecule has 5 rings (SSSR count). The van der Waals surface area contributed by atoms with Gasteiger partial charge >= 0.3 is 5.97 Å². The van der Waals surface area contributed by atoms with Gasteiger partial charge in [-0.25, -0.2) is 4.79 Å². The zero-order chi connectivity index (χ0) is 22.8. The fourth-order valence-corrected chi connectivity index (χ4v) is 4.33. The second-order valence-electron chi connectivity index (χ2n) is 7.90. The van der Waals surface area contributed by atoms with E-state index in [0.29, 0.717) is 5.57 Å². The molecule has 0 radical (unpaired) electrons. The SMILES string of the molecule is O=C(O)c1cccc(CN2C(=O)C(=C(c3ccccc3)c3ccccc3)c3ccccc32)c1. The van der Waals surface area contributed by atoms with Crippen LogP contribution in [0.15, 0.2) is 109 Å². The largest absolute Gasteiger partial charge is 0.478 e. The summed E-state index contributed by atoms with van der Waals surface area (Å²) in [5.74, 6) is -1.08. The fourth-order valence-electron chi connectivity index (χ4n) is 4.33. The van der Waals surface area contributed by atoms with E-state index in [2.05, 4.69) is 0 Å². The summed E-state index contributed by atoms with van der Waals surface area (Å²) in [6.07, 6.45) is 0. The number of aromatic carboxylic acids is 1. The van der Waals surface area contributed by atoms with Crippen LogP contribution in [0.25, 0.3) is 11.1 Å². The van der Waals surface area contributed by atoms with Gasteiger partial charge in [-0.3, -0.25) is 4.79 Å². The van der Waals surface area contributed by atoms with Crippen LogP contribution in [0.3, 0.4) is 0 Å². The zero-order valence-corrected chi connectivity index (χ0v) is 17.8. The van der Waals surface area contributed by atoms with Crippen molar-refractivity contribution >= 4 is 28.7 Å². The van der Waals surface area contributed by atoms with E-state index in [4.69, 9.17) is 0 Å². The molecule has 0 fully saturated rings. The van der Waals surface area contributed by atoms with Crippen LogP contribution in [0.1, 0.15) is 32.6 Å². The third-order valence-corrected chi connectivity index (χ3v) is 5.81. The van der Waals surface area contributed by atoms with Gasteiger partial charge < -0.3 is 10.0 Å². The Morgan fingerprint density at radius 2 is 1.27 bits per heavy atom. The van der Waals surface area contributed by atoms with E-state index in [9.17, 15) is 14.7 Å². The van der Waals surface area contributed by atoms with Crippen LogP contribution in [0, 0.1) is 0 Å². The number of carboxylic acid groups (broad SMARTS) is 1. The van der Waals surface area contributed by atoms with Crippen molar-refractivity contribution in [3.63, 3.8) is 0 Å². The Hall–Kier alpha value is -4.44.